The van der Waals surface area contributed by atoms with Crippen LogP contribution in [0.3, 0.4) is 0 Å². The smallest absolute Gasteiger partial charge is 0.191 e. The molecule has 0 aliphatic heterocycles. The second kappa shape index (κ2) is 9.45. The van der Waals surface area contributed by atoms with Gasteiger partial charge in [-0.05, 0) is 49.2 Å². The minimum Gasteiger partial charge on any atom is -0.467 e. The van der Waals surface area contributed by atoms with E-state index in [9.17, 15) is 4.39 Å². The van der Waals surface area contributed by atoms with Crippen LogP contribution in [-0.2, 0) is 13.0 Å². The first kappa shape index (κ1) is 19.3. The van der Waals surface area contributed by atoms with Gasteiger partial charge in [0.2, 0.25) is 0 Å². The summed E-state index contributed by atoms with van der Waals surface area (Å²) in [6.07, 6.45) is 4.34. The van der Waals surface area contributed by atoms with E-state index in [2.05, 4.69) is 20.6 Å². The topological polar surface area (TPSA) is 65.3 Å². The van der Waals surface area contributed by atoms with Crippen LogP contribution in [0.4, 0.5) is 4.39 Å². The molecule has 0 aliphatic carbocycles. The van der Waals surface area contributed by atoms with Gasteiger partial charge in [-0.2, -0.15) is 0 Å². The number of guanidine groups is 1. The molecule has 0 atom stereocenters. The van der Waals surface area contributed by atoms with E-state index in [1.165, 1.54) is 6.07 Å². The summed E-state index contributed by atoms with van der Waals surface area (Å²) in [7, 11) is 0. The number of hydrogen-bond donors (Lipinski definition) is 3. The highest BCUT2D eigenvalue weighted by molar-refractivity contribution is 14.0. The lowest BCUT2D eigenvalue weighted by molar-refractivity contribution is 0.512. The maximum absolute atomic E-state index is 13.4. The van der Waals surface area contributed by atoms with Gasteiger partial charge in [0.1, 0.15) is 18.1 Å². The zero-order chi connectivity index (χ0) is 16.8. The van der Waals surface area contributed by atoms with Crippen molar-refractivity contribution in [2.75, 3.05) is 13.1 Å². The SMILES string of the molecule is CCNC(=NCc1ccco1)NCCc1c[nH]c2ccc(F)cc12.I. The van der Waals surface area contributed by atoms with Crippen molar-refractivity contribution in [1.29, 1.82) is 0 Å². The highest BCUT2D eigenvalue weighted by Gasteiger charge is 2.05. The fourth-order valence-corrected chi connectivity index (χ4v) is 2.57. The van der Waals surface area contributed by atoms with E-state index in [1.807, 2.05) is 25.3 Å². The fourth-order valence-electron chi connectivity index (χ4n) is 2.57. The number of nitrogens with one attached hydrogen (secondary N) is 3. The van der Waals surface area contributed by atoms with Crippen LogP contribution in [0.1, 0.15) is 18.2 Å². The van der Waals surface area contributed by atoms with E-state index in [4.69, 9.17) is 4.42 Å². The van der Waals surface area contributed by atoms with Crippen LogP contribution in [-0.4, -0.2) is 24.0 Å². The molecule has 0 fully saturated rings. The summed E-state index contributed by atoms with van der Waals surface area (Å²) in [5.74, 6) is 1.34. The normalized spacial score (nSPS) is 11.4. The average Bonchev–Trinajstić information content (AvgIpc) is 3.22. The number of furan rings is 1. The third-order valence-corrected chi connectivity index (χ3v) is 3.73. The zero-order valence-electron chi connectivity index (χ0n) is 14.0. The van der Waals surface area contributed by atoms with E-state index in [0.29, 0.717) is 13.1 Å². The number of rotatable bonds is 6. The first-order valence-corrected chi connectivity index (χ1v) is 8.06. The highest BCUT2D eigenvalue weighted by Crippen LogP contribution is 2.19. The number of aromatic amines is 1. The number of nitrogens with zero attached hydrogens (tertiary/aromatic N) is 1. The standard InChI is InChI=1S/C18H21FN4O.HI/c1-2-20-18(23-12-15-4-3-9-24-15)21-8-7-13-11-22-17-6-5-14(19)10-16(13)17;/h3-6,9-11,22H,2,7-8,12H2,1H3,(H2,20,21,23);1H. The first-order valence-electron chi connectivity index (χ1n) is 8.06. The van der Waals surface area contributed by atoms with Crippen LogP contribution in [0.5, 0.6) is 0 Å². The maximum atomic E-state index is 13.4. The molecule has 3 N–H and O–H groups in total. The van der Waals surface area contributed by atoms with Gasteiger partial charge in [-0.1, -0.05) is 0 Å². The predicted molar refractivity (Wildman–Crippen MR) is 109 cm³/mol. The van der Waals surface area contributed by atoms with Gasteiger partial charge in [0.05, 0.1) is 6.26 Å². The summed E-state index contributed by atoms with van der Waals surface area (Å²) < 4.78 is 18.7. The number of aliphatic imine (C=N–C) groups is 1. The van der Waals surface area contributed by atoms with Gasteiger partial charge in [0, 0.05) is 30.2 Å². The Morgan fingerprint density at radius 1 is 1.28 bits per heavy atom. The average molecular weight is 456 g/mol. The molecule has 0 bridgehead atoms. The molecule has 1 aromatic carbocycles. The molecule has 0 saturated carbocycles. The Labute approximate surface area is 163 Å². The van der Waals surface area contributed by atoms with Crippen LogP contribution >= 0.6 is 24.0 Å². The van der Waals surface area contributed by atoms with E-state index >= 15 is 0 Å². The third kappa shape index (κ3) is 5.22. The molecular formula is C18H22FIN4O. The molecule has 0 unspecified atom stereocenters. The Morgan fingerprint density at radius 2 is 2.16 bits per heavy atom. The number of benzene rings is 1. The Kier molecular flexibility index (Phi) is 7.30. The van der Waals surface area contributed by atoms with Crippen molar-refractivity contribution in [3.63, 3.8) is 0 Å². The van der Waals surface area contributed by atoms with Crippen molar-refractivity contribution in [1.82, 2.24) is 15.6 Å². The van der Waals surface area contributed by atoms with Crippen LogP contribution in [0.25, 0.3) is 10.9 Å². The van der Waals surface area contributed by atoms with E-state index in [1.54, 1.807) is 18.4 Å². The molecule has 0 aliphatic rings. The van der Waals surface area contributed by atoms with Gasteiger partial charge >= 0.3 is 0 Å². The predicted octanol–water partition coefficient (Wildman–Crippen LogP) is 3.82. The summed E-state index contributed by atoms with van der Waals surface area (Å²) in [6.45, 7) is 3.99. The van der Waals surface area contributed by atoms with Gasteiger partial charge in [0.15, 0.2) is 5.96 Å². The maximum Gasteiger partial charge on any atom is 0.191 e. The Hall–Kier alpha value is -2.03. The first-order chi connectivity index (χ1) is 11.8. The van der Waals surface area contributed by atoms with Crippen molar-refractivity contribution < 1.29 is 8.81 Å². The molecule has 7 heteroatoms. The van der Waals surface area contributed by atoms with Crippen LogP contribution in [0, 0.1) is 5.82 Å². The molecule has 2 heterocycles. The van der Waals surface area contributed by atoms with Gasteiger partial charge < -0.3 is 20.0 Å². The lowest BCUT2D eigenvalue weighted by Gasteiger charge is -2.10. The number of aromatic nitrogens is 1. The molecule has 25 heavy (non-hydrogen) atoms. The van der Waals surface area contributed by atoms with Crippen molar-refractivity contribution in [2.45, 2.75) is 19.9 Å². The Balaban J connectivity index is 0.00000225. The monoisotopic (exact) mass is 456 g/mol. The zero-order valence-corrected chi connectivity index (χ0v) is 16.3. The number of fused-ring (bicyclic) bond motifs is 1. The molecule has 3 rings (SSSR count). The molecule has 134 valence electrons. The summed E-state index contributed by atoms with van der Waals surface area (Å²) >= 11 is 0. The van der Waals surface area contributed by atoms with Crippen molar-refractivity contribution in [2.24, 2.45) is 4.99 Å². The quantitative estimate of drug-likeness (QED) is 0.300. The highest BCUT2D eigenvalue weighted by atomic mass is 127. The molecule has 2 aromatic heterocycles. The van der Waals surface area contributed by atoms with E-state index in [-0.39, 0.29) is 29.8 Å². The molecule has 5 nitrogen and oxygen atoms in total. The second-order valence-electron chi connectivity index (χ2n) is 5.46. The summed E-state index contributed by atoms with van der Waals surface area (Å²) in [4.78, 5) is 7.65. The minimum absolute atomic E-state index is 0. The van der Waals surface area contributed by atoms with Crippen molar-refractivity contribution in [3.8, 4) is 0 Å². The summed E-state index contributed by atoms with van der Waals surface area (Å²) in [6, 6.07) is 8.54. The lowest BCUT2D eigenvalue weighted by atomic mass is 10.1. The summed E-state index contributed by atoms with van der Waals surface area (Å²) in [5.41, 5.74) is 2.03. The number of H-pyrrole nitrogens is 1. The van der Waals surface area contributed by atoms with Gasteiger partial charge in [0.25, 0.3) is 0 Å². The fraction of sp³-hybridized carbons (Fsp3) is 0.278. The molecule has 3 aromatic rings. The van der Waals surface area contributed by atoms with Crippen molar-refractivity contribution >= 4 is 40.8 Å². The molecule has 0 spiro atoms. The van der Waals surface area contributed by atoms with Gasteiger partial charge in [-0.25, -0.2) is 9.38 Å². The molecule has 0 saturated heterocycles. The number of halogens is 2. The van der Waals surface area contributed by atoms with Crippen LogP contribution in [0.2, 0.25) is 0 Å². The summed E-state index contributed by atoms with van der Waals surface area (Å²) in [5, 5.41) is 7.42. The van der Waals surface area contributed by atoms with E-state index < -0.39 is 0 Å². The van der Waals surface area contributed by atoms with Gasteiger partial charge in [-0.15, -0.1) is 24.0 Å². The van der Waals surface area contributed by atoms with Crippen molar-refractivity contribution in [3.05, 3.63) is 59.9 Å². The van der Waals surface area contributed by atoms with Gasteiger partial charge in [-0.3, -0.25) is 0 Å². The third-order valence-electron chi connectivity index (χ3n) is 3.73. The van der Waals surface area contributed by atoms with Crippen LogP contribution < -0.4 is 10.6 Å². The molecule has 0 radical (unpaired) electrons. The largest absolute Gasteiger partial charge is 0.467 e. The number of hydrogen-bond acceptors (Lipinski definition) is 2. The molecule has 0 amide bonds. The van der Waals surface area contributed by atoms with Crippen LogP contribution in [0.15, 0.2) is 52.2 Å². The Morgan fingerprint density at radius 3 is 2.92 bits per heavy atom. The molecular weight excluding hydrogens is 434 g/mol. The second-order valence-corrected chi connectivity index (χ2v) is 5.46. The Bertz CT molecular complexity index is 814. The van der Waals surface area contributed by atoms with E-state index in [0.717, 1.165) is 41.2 Å². The lowest BCUT2D eigenvalue weighted by Crippen LogP contribution is -2.38. The minimum atomic E-state index is -0.218.